The third-order valence-corrected chi connectivity index (χ3v) is 7.18. The van der Waals surface area contributed by atoms with Crippen LogP contribution < -0.4 is 15.0 Å². The lowest BCUT2D eigenvalue weighted by Crippen LogP contribution is -2.51. The monoisotopic (exact) mass is 500 g/mol. The van der Waals surface area contributed by atoms with Gasteiger partial charge in [-0.3, -0.25) is 14.6 Å². The molecular formula is C29H32N4O4. The molecule has 8 nitrogen and oxygen atoms in total. The molecule has 8 heteroatoms. The van der Waals surface area contributed by atoms with Gasteiger partial charge in [0.05, 0.1) is 25.4 Å². The third-order valence-electron chi connectivity index (χ3n) is 7.18. The number of methoxy groups -OCH3 is 1. The number of para-hydroxylation sites is 2. The molecule has 2 aliphatic heterocycles. The highest BCUT2D eigenvalue weighted by Crippen LogP contribution is 2.36. The Balaban J connectivity index is 1.26. The second kappa shape index (κ2) is 10.6. The molecule has 0 aliphatic carbocycles. The van der Waals surface area contributed by atoms with Crippen molar-refractivity contribution in [3.63, 3.8) is 0 Å². The number of hydrogen-bond acceptors (Lipinski definition) is 6. The van der Waals surface area contributed by atoms with Crippen LogP contribution in [0.3, 0.4) is 0 Å². The Kier molecular flexibility index (Phi) is 7.12. The van der Waals surface area contributed by atoms with Gasteiger partial charge in [0.1, 0.15) is 5.75 Å². The number of benzene rings is 3. The van der Waals surface area contributed by atoms with Gasteiger partial charge in [-0.15, -0.1) is 0 Å². The number of β-amino-alcohol motifs (C(OH)–C–C–N with tert-alkyl or cyclic N) is 1. The molecule has 0 spiro atoms. The van der Waals surface area contributed by atoms with E-state index in [0.717, 1.165) is 42.5 Å². The number of amides is 3. The summed E-state index contributed by atoms with van der Waals surface area (Å²) in [4.78, 5) is 32.5. The summed E-state index contributed by atoms with van der Waals surface area (Å²) in [7, 11) is 1.67. The van der Waals surface area contributed by atoms with Gasteiger partial charge >= 0.3 is 6.03 Å². The Hall–Kier alpha value is -3.88. The van der Waals surface area contributed by atoms with Crippen molar-refractivity contribution in [1.29, 1.82) is 0 Å². The zero-order valence-corrected chi connectivity index (χ0v) is 20.9. The summed E-state index contributed by atoms with van der Waals surface area (Å²) in [5.41, 5.74) is 1.11. The molecule has 1 unspecified atom stereocenters. The molecular weight excluding hydrogens is 468 g/mol. The highest BCUT2D eigenvalue weighted by Gasteiger charge is 2.53. The van der Waals surface area contributed by atoms with Crippen molar-refractivity contribution in [2.45, 2.75) is 11.6 Å². The molecule has 2 aliphatic rings. The third kappa shape index (κ3) is 4.77. The van der Waals surface area contributed by atoms with Crippen LogP contribution in [0.25, 0.3) is 0 Å². The normalized spacial score (nSPS) is 18.5. The fourth-order valence-electron chi connectivity index (χ4n) is 5.30. The smallest absolute Gasteiger partial charge is 0.325 e. The molecule has 3 amide bonds. The van der Waals surface area contributed by atoms with Gasteiger partial charge in [-0.25, -0.2) is 4.79 Å². The lowest BCUT2D eigenvalue weighted by Gasteiger charge is -2.37. The van der Waals surface area contributed by atoms with Crippen LogP contribution in [0.2, 0.25) is 0 Å². The standard InChI is InChI=1S/C29H32N4O4/c1-37-26-15-9-8-14-25(26)32-18-16-31(17-19-32)20-24(34)21-33-27(35)29(30-28(33)36,22-10-4-2-5-11-22)23-12-6-3-7-13-23/h2-15,24,34H,16-21H2,1H3,(H,30,36). The maximum Gasteiger partial charge on any atom is 0.325 e. The molecule has 2 heterocycles. The first-order valence-electron chi connectivity index (χ1n) is 12.6. The van der Waals surface area contributed by atoms with E-state index in [1.807, 2.05) is 84.9 Å². The van der Waals surface area contributed by atoms with Gasteiger partial charge in [0, 0.05) is 32.7 Å². The minimum absolute atomic E-state index is 0.0706. The lowest BCUT2D eigenvalue weighted by atomic mass is 9.82. The topological polar surface area (TPSA) is 85.3 Å². The number of carbonyl (C=O) groups is 2. The van der Waals surface area contributed by atoms with Gasteiger partial charge in [0.25, 0.3) is 5.91 Å². The molecule has 0 saturated carbocycles. The van der Waals surface area contributed by atoms with Crippen molar-refractivity contribution in [1.82, 2.24) is 15.1 Å². The van der Waals surface area contributed by atoms with E-state index in [1.165, 1.54) is 0 Å². The summed E-state index contributed by atoms with van der Waals surface area (Å²) >= 11 is 0. The molecule has 1 atom stereocenters. The first-order chi connectivity index (χ1) is 18.0. The lowest BCUT2D eigenvalue weighted by molar-refractivity contribution is -0.131. The minimum atomic E-state index is -1.32. The molecule has 3 aromatic rings. The fourth-order valence-corrected chi connectivity index (χ4v) is 5.30. The Morgan fingerprint density at radius 2 is 1.41 bits per heavy atom. The molecule has 0 radical (unpaired) electrons. The summed E-state index contributed by atoms with van der Waals surface area (Å²) in [5.74, 6) is 0.463. The largest absolute Gasteiger partial charge is 0.495 e. The SMILES string of the molecule is COc1ccccc1N1CCN(CC(O)CN2C(=O)NC(c3ccccc3)(c3ccccc3)C2=O)CC1. The number of nitrogens with one attached hydrogen (secondary N) is 1. The Morgan fingerprint density at radius 3 is 2.00 bits per heavy atom. The number of nitrogens with zero attached hydrogens (tertiary/aromatic N) is 3. The summed E-state index contributed by atoms with van der Waals surface area (Å²) in [5, 5.41) is 13.9. The molecule has 2 fully saturated rings. The molecule has 3 aromatic carbocycles. The quantitative estimate of drug-likeness (QED) is 0.463. The van der Waals surface area contributed by atoms with E-state index in [1.54, 1.807) is 7.11 Å². The van der Waals surface area contributed by atoms with E-state index >= 15 is 0 Å². The molecule has 0 bridgehead atoms. The predicted octanol–water partition coefficient (Wildman–Crippen LogP) is 2.67. The number of ether oxygens (including phenoxy) is 1. The zero-order chi connectivity index (χ0) is 25.8. The van der Waals surface area contributed by atoms with Crippen LogP contribution in [-0.2, 0) is 10.3 Å². The number of carbonyl (C=O) groups excluding carboxylic acids is 2. The van der Waals surface area contributed by atoms with Gasteiger partial charge in [-0.05, 0) is 23.3 Å². The van der Waals surface area contributed by atoms with Crippen molar-refractivity contribution in [2.75, 3.05) is 51.3 Å². The average molecular weight is 501 g/mol. The van der Waals surface area contributed by atoms with Crippen molar-refractivity contribution < 1.29 is 19.4 Å². The van der Waals surface area contributed by atoms with Crippen molar-refractivity contribution >= 4 is 17.6 Å². The molecule has 37 heavy (non-hydrogen) atoms. The molecule has 0 aromatic heterocycles. The van der Waals surface area contributed by atoms with Crippen LogP contribution >= 0.6 is 0 Å². The van der Waals surface area contributed by atoms with E-state index < -0.39 is 17.7 Å². The van der Waals surface area contributed by atoms with E-state index in [9.17, 15) is 14.7 Å². The van der Waals surface area contributed by atoms with Crippen molar-refractivity contribution in [3.8, 4) is 5.75 Å². The number of rotatable bonds is 8. The van der Waals surface area contributed by atoms with E-state index in [4.69, 9.17) is 4.74 Å². The number of hydrogen-bond donors (Lipinski definition) is 2. The van der Waals surface area contributed by atoms with Crippen LogP contribution in [0.5, 0.6) is 5.75 Å². The first-order valence-corrected chi connectivity index (χ1v) is 12.6. The highest BCUT2D eigenvalue weighted by atomic mass is 16.5. The van der Waals surface area contributed by atoms with Crippen LogP contribution in [0, 0.1) is 0 Å². The second-order valence-electron chi connectivity index (χ2n) is 9.44. The first kappa shape index (κ1) is 24.8. The molecule has 5 rings (SSSR count). The zero-order valence-electron chi connectivity index (χ0n) is 20.9. The summed E-state index contributed by atoms with van der Waals surface area (Å²) < 4.78 is 5.49. The number of imide groups is 1. The Morgan fingerprint density at radius 1 is 0.838 bits per heavy atom. The number of anilines is 1. The van der Waals surface area contributed by atoms with Crippen LogP contribution in [0.1, 0.15) is 11.1 Å². The van der Waals surface area contributed by atoms with Crippen LogP contribution in [0.15, 0.2) is 84.9 Å². The number of piperazine rings is 1. The maximum absolute atomic E-state index is 13.8. The fraction of sp³-hybridized carbons (Fsp3) is 0.310. The van der Waals surface area contributed by atoms with Gasteiger partial charge in [-0.2, -0.15) is 0 Å². The number of aliphatic hydroxyl groups is 1. The highest BCUT2D eigenvalue weighted by molar-refractivity contribution is 6.09. The molecule has 2 saturated heterocycles. The summed E-state index contributed by atoms with van der Waals surface area (Å²) in [6.45, 7) is 3.41. The number of aliphatic hydroxyl groups excluding tert-OH is 1. The van der Waals surface area contributed by atoms with E-state index in [-0.39, 0.29) is 12.5 Å². The predicted molar refractivity (Wildman–Crippen MR) is 142 cm³/mol. The van der Waals surface area contributed by atoms with E-state index in [0.29, 0.717) is 17.7 Å². The van der Waals surface area contributed by atoms with Crippen LogP contribution in [0.4, 0.5) is 10.5 Å². The molecule has 2 N–H and O–H groups in total. The minimum Gasteiger partial charge on any atom is -0.495 e. The van der Waals surface area contributed by atoms with Crippen LogP contribution in [-0.4, -0.2) is 79.3 Å². The second-order valence-corrected chi connectivity index (χ2v) is 9.44. The number of urea groups is 1. The van der Waals surface area contributed by atoms with Gasteiger partial charge in [0.2, 0.25) is 0 Å². The maximum atomic E-state index is 13.8. The summed E-state index contributed by atoms with van der Waals surface area (Å²) in [6.07, 6.45) is -0.866. The Labute approximate surface area is 217 Å². The van der Waals surface area contributed by atoms with Crippen molar-refractivity contribution in [3.05, 3.63) is 96.1 Å². The van der Waals surface area contributed by atoms with Gasteiger partial charge < -0.3 is 20.1 Å². The van der Waals surface area contributed by atoms with Gasteiger partial charge in [0.15, 0.2) is 5.54 Å². The Bertz CT molecular complexity index is 1190. The summed E-state index contributed by atoms with van der Waals surface area (Å²) in [6, 6.07) is 26.0. The van der Waals surface area contributed by atoms with Crippen molar-refractivity contribution in [2.24, 2.45) is 0 Å². The molecule has 192 valence electrons. The average Bonchev–Trinajstić information content (AvgIpc) is 3.20. The van der Waals surface area contributed by atoms with E-state index in [2.05, 4.69) is 15.1 Å². The van der Waals surface area contributed by atoms with Gasteiger partial charge in [-0.1, -0.05) is 72.8 Å².